The molecule has 0 saturated carbocycles. The largest absolute Gasteiger partial charge is 0.326 e. The van der Waals surface area contributed by atoms with Crippen molar-refractivity contribution < 1.29 is 0 Å². The summed E-state index contributed by atoms with van der Waals surface area (Å²) in [6.45, 7) is 1.60. The van der Waals surface area contributed by atoms with Gasteiger partial charge < -0.3 is 9.13 Å². The highest BCUT2D eigenvalue weighted by Gasteiger charge is 2.09. The fourth-order valence-corrected chi connectivity index (χ4v) is 4.36. The molecular weight excluding hydrogens is 368 g/mol. The van der Waals surface area contributed by atoms with Gasteiger partial charge in [0.25, 0.3) is 0 Å². The monoisotopic (exact) mass is 388 g/mol. The Morgan fingerprint density at radius 3 is 1.47 bits per heavy atom. The molecule has 144 valence electrons. The first kappa shape index (κ1) is 17.0. The van der Waals surface area contributed by atoms with E-state index in [0.29, 0.717) is 0 Å². The number of para-hydroxylation sites is 4. The van der Waals surface area contributed by atoms with Gasteiger partial charge >= 0.3 is 0 Å². The van der Waals surface area contributed by atoms with E-state index >= 15 is 0 Å². The van der Waals surface area contributed by atoms with Crippen molar-refractivity contribution in [2.75, 3.05) is 0 Å². The van der Waals surface area contributed by atoms with Crippen molar-refractivity contribution in [3.63, 3.8) is 0 Å². The van der Waals surface area contributed by atoms with Crippen LogP contribution in [0, 0.1) is 0 Å². The summed E-state index contributed by atoms with van der Waals surface area (Å²) >= 11 is 0. The van der Waals surface area contributed by atoms with Crippen molar-refractivity contribution in [3.8, 4) is 0 Å². The molecule has 0 unspecified atom stereocenters. The lowest BCUT2D eigenvalue weighted by atomic mass is 9.99. The second kappa shape index (κ2) is 6.85. The van der Waals surface area contributed by atoms with Crippen LogP contribution in [-0.2, 0) is 13.1 Å². The van der Waals surface area contributed by atoms with Crippen LogP contribution >= 0.6 is 0 Å². The Morgan fingerprint density at radius 1 is 0.500 bits per heavy atom. The van der Waals surface area contributed by atoms with Gasteiger partial charge in [-0.05, 0) is 46.2 Å². The van der Waals surface area contributed by atoms with Gasteiger partial charge in [-0.1, -0.05) is 60.7 Å². The molecule has 0 fully saturated rings. The zero-order chi connectivity index (χ0) is 19.9. The molecule has 0 aliphatic heterocycles. The van der Waals surface area contributed by atoms with Gasteiger partial charge in [0.05, 0.1) is 34.7 Å². The van der Waals surface area contributed by atoms with Gasteiger partial charge in [0.15, 0.2) is 0 Å². The number of aromatic nitrogens is 4. The number of hydrogen-bond acceptors (Lipinski definition) is 2. The van der Waals surface area contributed by atoms with E-state index in [1.54, 1.807) is 0 Å². The lowest BCUT2D eigenvalue weighted by Crippen LogP contribution is -2.01. The lowest BCUT2D eigenvalue weighted by Gasteiger charge is -2.13. The molecule has 0 radical (unpaired) electrons. The average molecular weight is 388 g/mol. The minimum absolute atomic E-state index is 0.801. The molecule has 4 aromatic carbocycles. The summed E-state index contributed by atoms with van der Waals surface area (Å²) in [5.74, 6) is 0. The van der Waals surface area contributed by atoms with Crippen LogP contribution in [0.1, 0.15) is 11.1 Å². The fourth-order valence-electron chi connectivity index (χ4n) is 4.36. The number of benzene rings is 4. The molecule has 4 heteroatoms. The van der Waals surface area contributed by atoms with E-state index in [2.05, 4.69) is 91.9 Å². The van der Waals surface area contributed by atoms with Crippen LogP contribution in [0.4, 0.5) is 0 Å². The van der Waals surface area contributed by atoms with Crippen molar-refractivity contribution in [2.45, 2.75) is 13.1 Å². The van der Waals surface area contributed by atoms with Crippen molar-refractivity contribution >= 4 is 32.8 Å². The molecule has 2 aromatic heterocycles. The van der Waals surface area contributed by atoms with Crippen LogP contribution in [0.3, 0.4) is 0 Å². The molecule has 0 saturated heterocycles. The SMILES string of the molecule is c1ccc2c(c1)ncn2Cc1cccc2c(Cn3cnc4ccccc43)cccc12. The molecule has 0 amide bonds. The molecule has 0 aliphatic carbocycles. The Bertz CT molecular complexity index is 1390. The third-order valence-electron chi connectivity index (χ3n) is 5.84. The first-order valence-corrected chi connectivity index (χ1v) is 10.2. The van der Waals surface area contributed by atoms with Crippen LogP contribution in [0.2, 0.25) is 0 Å². The van der Waals surface area contributed by atoms with Gasteiger partial charge in [-0.2, -0.15) is 0 Å². The summed E-state index contributed by atoms with van der Waals surface area (Å²) in [5.41, 5.74) is 6.99. The minimum atomic E-state index is 0.801. The number of nitrogens with zero attached hydrogens (tertiary/aromatic N) is 4. The van der Waals surface area contributed by atoms with Gasteiger partial charge in [0.1, 0.15) is 0 Å². The van der Waals surface area contributed by atoms with E-state index in [9.17, 15) is 0 Å². The highest BCUT2D eigenvalue weighted by atomic mass is 15.0. The summed E-state index contributed by atoms with van der Waals surface area (Å²) in [7, 11) is 0. The fraction of sp³-hybridized carbons (Fsp3) is 0.0769. The molecular formula is C26H20N4. The molecule has 0 bridgehead atoms. The Labute approximate surface area is 174 Å². The molecule has 2 heterocycles. The molecule has 30 heavy (non-hydrogen) atoms. The number of rotatable bonds is 4. The maximum absolute atomic E-state index is 4.54. The van der Waals surface area contributed by atoms with E-state index in [-0.39, 0.29) is 0 Å². The van der Waals surface area contributed by atoms with Crippen molar-refractivity contribution in [1.29, 1.82) is 0 Å². The maximum Gasteiger partial charge on any atom is 0.0961 e. The van der Waals surface area contributed by atoms with Crippen molar-refractivity contribution in [3.05, 3.63) is 109 Å². The smallest absolute Gasteiger partial charge is 0.0961 e. The van der Waals surface area contributed by atoms with Crippen LogP contribution in [0.25, 0.3) is 32.8 Å². The lowest BCUT2D eigenvalue weighted by molar-refractivity contribution is 0.825. The summed E-state index contributed by atoms with van der Waals surface area (Å²) in [6.07, 6.45) is 3.87. The highest BCUT2D eigenvalue weighted by molar-refractivity contribution is 5.89. The van der Waals surface area contributed by atoms with E-state index in [0.717, 1.165) is 35.2 Å². The van der Waals surface area contributed by atoms with Crippen molar-refractivity contribution in [1.82, 2.24) is 19.1 Å². The number of hydrogen-bond donors (Lipinski definition) is 0. The van der Waals surface area contributed by atoms with E-state index in [4.69, 9.17) is 0 Å². The van der Waals surface area contributed by atoms with Gasteiger partial charge in [-0.3, -0.25) is 0 Å². The average Bonchev–Trinajstić information content (AvgIpc) is 3.39. The maximum atomic E-state index is 4.54. The molecule has 0 spiro atoms. The van der Waals surface area contributed by atoms with Crippen LogP contribution in [0.15, 0.2) is 97.6 Å². The second-order valence-corrected chi connectivity index (χ2v) is 7.65. The molecule has 4 nitrogen and oxygen atoms in total. The first-order valence-electron chi connectivity index (χ1n) is 10.2. The molecule has 0 atom stereocenters. The third kappa shape index (κ3) is 2.77. The first-order chi connectivity index (χ1) is 14.9. The topological polar surface area (TPSA) is 35.6 Å². The van der Waals surface area contributed by atoms with E-state index < -0.39 is 0 Å². The predicted molar refractivity (Wildman–Crippen MR) is 122 cm³/mol. The number of imidazole rings is 2. The highest BCUT2D eigenvalue weighted by Crippen LogP contribution is 2.26. The van der Waals surface area contributed by atoms with Gasteiger partial charge in [0.2, 0.25) is 0 Å². The van der Waals surface area contributed by atoms with Gasteiger partial charge in [-0.15, -0.1) is 0 Å². The number of fused-ring (bicyclic) bond motifs is 3. The Balaban J connectivity index is 1.42. The van der Waals surface area contributed by atoms with Crippen LogP contribution in [0.5, 0.6) is 0 Å². The summed E-state index contributed by atoms with van der Waals surface area (Å²) in [6, 6.07) is 29.8. The molecule has 0 aliphatic rings. The molecule has 6 aromatic rings. The van der Waals surface area contributed by atoms with E-state index in [1.807, 2.05) is 24.8 Å². The van der Waals surface area contributed by atoms with Gasteiger partial charge in [0, 0.05) is 13.1 Å². The summed E-state index contributed by atoms with van der Waals surface area (Å²) in [4.78, 5) is 9.09. The van der Waals surface area contributed by atoms with Crippen LogP contribution in [-0.4, -0.2) is 19.1 Å². The minimum Gasteiger partial charge on any atom is -0.326 e. The Morgan fingerprint density at radius 2 is 0.967 bits per heavy atom. The zero-order valence-corrected chi connectivity index (χ0v) is 16.4. The normalized spacial score (nSPS) is 11.6. The Hall–Kier alpha value is -3.92. The Kier molecular flexibility index (Phi) is 3.88. The molecule has 6 rings (SSSR count). The standard InChI is InChI=1S/C26H20N4/c1-3-13-25-23(11-1)27-17-29(25)15-19-7-5-10-22-20(8-6-9-21(19)22)16-30-18-28-24-12-2-4-14-26(24)30/h1-14,17-18H,15-16H2. The summed E-state index contributed by atoms with van der Waals surface area (Å²) < 4.78 is 4.44. The van der Waals surface area contributed by atoms with Gasteiger partial charge in [-0.25, -0.2) is 9.97 Å². The third-order valence-corrected chi connectivity index (χ3v) is 5.84. The molecule has 0 N–H and O–H groups in total. The zero-order valence-electron chi connectivity index (χ0n) is 16.4. The van der Waals surface area contributed by atoms with Crippen molar-refractivity contribution in [2.24, 2.45) is 0 Å². The summed E-state index contributed by atoms with van der Waals surface area (Å²) in [5, 5.41) is 2.58. The second-order valence-electron chi connectivity index (χ2n) is 7.65. The van der Waals surface area contributed by atoms with E-state index in [1.165, 1.54) is 21.9 Å². The van der Waals surface area contributed by atoms with Crippen LogP contribution < -0.4 is 0 Å². The quantitative estimate of drug-likeness (QED) is 0.392. The predicted octanol–water partition coefficient (Wildman–Crippen LogP) is 5.64.